The van der Waals surface area contributed by atoms with Gasteiger partial charge in [-0.25, -0.2) is 8.42 Å². The minimum absolute atomic E-state index is 0.192. The van der Waals surface area contributed by atoms with Crippen LogP contribution in [0.2, 0.25) is 5.02 Å². The van der Waals surface area contributed by atoms with Gasteiger partial charge in [-0.1, -0.05) is 35.4 Å². The molecular weight excluding hydrogens is 306 g/mol. The predicted molar refractivity (Wildman–Crippen MR) is 87.4 cm³/mol. The molecule has 2 aromatic rings. The second-order valence-corrected chi connectivity index (χ2v) is 6.91. The largest absolute Gasteiger partial charge is 0.264 e. The number of rotatable bonds is 5. The maximum atomic E-state index is 12.8. The third kappa shape index (κ3) is 3.46. The SMILES string of the molecule is C=CCN(c1ccc(Cl)cc1)S(=O)(=O)c1ccc(C)cc1. The Kier molecular flexibility index (Phi) is 4.70. The van der Waals surface area contributed by atoms with E-state index in [1.54, 1.807) is 54.6 Å². The molecule has 0 aliphatic heterocycles. The molecule has 0 aliphatic carbocycles. The van der Waals surface area contributed by atoms with Gasteiger partial charge in [0.05, 0.1) is 17.1 Å². The summed E-state index contributed by atoms with van der Waals surface area (Å²) >= 11 is 5.85. The van der Waals surface area contributed by atoms with Crippen LogP contribution >= 0.6 is 11.6 Å². The van der Waals surface area contributed by atoms with Crippen LogP contribution in [0.4, 0.5) is 5.69 Å². The number of anilines is 1. The molecule has 0 amide bonds. The summed E-state index contributed by atoms with van der Waals surface area (Å²) in [6, 6.07) is 13.5. The highest BCUT2D eigenvalue weighted by Gasteiger charge is 2.23. The van der Waals surface area contributed by atoms with Crippen LogP contribution in [0.3, 0.4) is 0 Å². The lowest BCUT2D eigenvalue weighted by molar-refractivity contribution is 0.593. The zero-order chi connectivity index (χ0) is 15.5. The van der Waals surface area contributed by atoms with Crippen LogP contribution in [0, 0.1) is 6.92 Å². The van der Waals surface area contributed by atoms with E-state index < -0.39 is 10.0 Å². The summed E-state index contributed by atoms with van der Waals surface area (Å²) in [7, 11) is -3.63. The van der Waals surface area contributed by atoms with Crippen molar-refractivity contribution in [2.24, 2.45) is 0 Å². The van der Waals surface area contributed by atoms with Gasteiger partial charge in [-0.2, -0.15) is 0 Å². The smallest absolute Gasteiger partial charge is 0.263 e. The molecular formula is C16H16ClNO2S. The van der Waals surface area contributed by atoms with Crippen LogP contribution in [-0.2, 0) is 10.0 Å². The van der Waals surface area contributed by atoms with E-state index in [4.69, 9.17) is 11.6 Å². The third-order valence-corrected chi connectivity index (χ3v) is 5.08. The third-order valence-electron chi connectivity index (χ3n) is 3.02. The first-order valence-electron chi connectivity index (χ1n) is 6.41. The number of hydrogen-bond donors (Lipinski definition) is 0. The molecule has 5 heteroatoms. The summed E-state index contributed by atoms with van der Waals surface area (Å²) in [5.74, 6) is 0. The summed E-state index contributed by atoms with van der Waals surface area (Å²) in [5.41, 5.74) is 1.57. The minimum Gasteiger partial charge on any atom is -0.263 e. The standard InChI is InChI=1S/C16H16ClNO2S/c1-3-12-18(15-8-6-14(17)7-9-15)21(19,20)16-10-4-13(2)5-11-16/h3-11H,1,12H2,2H3. The molecule has 110 valence electrons. The number of hydrogen-bond acceptors (Lipinski definition) is 2. The van der Waals surface area contributed by atoms with Gasteiger partial charge in [-0.15, -0.1) is 6.58 Å². The van der Waals surface area contributed by atoms with E-state index in [1.165, 1.54) is 4.31 Å². The highest BCUT2D eigenvalue weighted by atomic mass is 35.5. The van der Waals surface area contributed by atoms with Crippen molar-refractivity contribution in [1.29, 1.82) is 0 Å². The van der Waals surface area contributed by atoms with Gasteiger partial charge in [0.2, 0.25) is 0 Å². The molecule has 2 aromatic carbocycles. The maximum absolute atomic E-state index is 12.8. The number of sulfonamides is 1. The summed E-state index contributed by atoms with van der Waals surface area (Å²) in [6.07, 6.45) is 1.56. The first kappa shape index (κ1) is 15.6. The Morgan fingerprint density at radius 3 is 2.19 bits per heavy atom. The van der Waals surface area contributed by atoms with Crippen molar-refractivity contribution >= 4 is 27.3 Å². The molecule has 0 saturated carbocycles. The topological polar surface area (TPSA) is 37.4 Å². The quantitative estimate of drug-likeness (QED) is 0.780. The van der Waals surface area contributed by atoms with E-state index in [1.807, 2.05) is 6.92 Å². The van der Waals surface area contributed by atoms with Gasteiger partial charge in [0.1, 0.15) is 0 Å². The molecule has 3 nitrogen and oxygen atoms in total. The summed E-state index contributed by atoms with van der Waals surface area (Å²) < 4.78 is 26.8. The first-order valence-corrected chi connectivity index (χ1v) is 8.23. The lowest BCUT2D eigenvalue weighted by Gasteiger charge is -2.23. The lowest BCUT2D eigenvalue weighted by Crippen LogP contribution is -2.31. The fourth-order valence-corrected chi connectivity index (χ4v) is 3.47. The van der Waals surface area contributed by atoms with Crippen LogP contribution in [0.15, 0.2) is 66.1 Å². The highest BCUT2D eigenvalue weighted by molar-refractivity contribution is 7.92. The van der Waals surface area contributed by atoms with Gasteiger partial charge in [0, 0.05) is 5.02 Å². The lowest BCUT2D eigenvalue weighted by atomic mass is 10.2. The van der Waals surface area contributed by atoms with E-state index in [0.29, 0.717) is 10.7 Å². The molecule has 0 aromatic heterocycles. The van der Waals surface area contributed by atoms with Crippen molar-refractivity contribution < 1.29 is 8.42 Å². The van der Waals surface area contributed by atoms with E-state index >= 15 is 0 Å². The molecule has 2 rings (SSSR count). The molecule has 0 fully saturated rings. The Hall–Kier alpha value is -1.78. The molecule has 0 atom stereocenters. The van der Waals surface area contributed by atoms with Crippen LogP contribution in [0.5, 0.6) is 0 Å². The molecule has 0 heterocycles. The van der Waals surface area contributed by atoms with Crippen LogP contribution in [0.1, 0.15) is 5.56 Å². The van der Waals surface area contributed by atoms with Gasteiger partial charge in [0.25, 0.3) is 10.0 Å². The second-order valence-electron chi connectivity index (χ2n) is 4.61. The molecule has 21 heavy (non-hydrogen) atoms. The van der Waals surface area contributed by atoms with Gasteiger partial charge in [-0.3, -0.25) is 4.31 Å². The average Bonchev–Trinajstić information content (AvgIpc) is 2.46. The van der Waals surface area contributed by atoms with Gasteiger partial charge < -0.3 is 0 Å². The molecule has 0 saturated heterocycles. The molecule has 0 spiro atoms. The predicted octanol–water partition coefficient (Wildman–Crippen LogP) is 4.03. The number of halogens is 1. The van der Waals surface area contributed by atoms with Crippen molar-refractivity contribution in [1.82, 2.24) is 0 Å². The number of nitrogens with zero attached hydrogens (tertiary/aromatic N) is 1. The first-order chi connectivity index (χ1) is 9.95. The van der Waals surface area contributed by atoms with E-state index in [2.05, 4.69) is 6.58 Å². The van der Waals surface area contributed by atoms with Crippen LogP contribution in [-0.4, -0.2) is 15.0 Å². The van der Waals surface area contributed by atoms with Crippen molar-refractivity contribution in [3.63, 3.8) is 0 Å². The second kappa shape index (κ2) is 6.33. The average molecular weight is 322 g/mol. The van der Waals surface area contributed by atoms with Gasteiger partial charge in [0.15, 0.2) is 0 Å². The number of benzene rings is 2. The van der Waals surface area contributed by atoms with E-state index in [-0.39, 0.29) is 11.4 Å². The Morgan fingerprint density at radius 2 is 1.67 bits per heavy atom. The maximum Gasteiger partial charge on any atom is 0.264 e. The summed E-state index contributed by atoms with van der Waals surface area (Å²) in [6.45, 7) is 5.74. The zero-order valence-electron chi connectivity index (χ0n) is 11.7. The molecule has 0 N–H and O–H groups in total. The van der Waals surface area contributed by atoms with Crippen molar-refractivity contribution in [3.05, 3.63) is 71.8 Å². The molecule has 0 bridgehead atoms. The fourth-order valence-electron chi connectivity index (χ4n) is 1.90. The normalized spacial score (nSPS) is 11.1. The van der Waals surface area contributed by atoms with Crippen molar-refractivity contribution in [2.75, 3.05) is 10.8 Å². The number of aryl methyl sites for hydroxylation is 1. The molecule has 0 radical (unpaired) electrons. The van der Waals surface area contributed by atoms with Crippen LogP contribution < -0.4 is 4.31 Å². The summed E-state index contributed by atoms with van der Waals surface area (Å²) in [4.78, 5) is 0.255. The minimum atomic E-state index is -3.63. The van der Waals surface area contributed by atoms with Crippen molar-refractivity contribution in [3.8, 4) is 0 Å². The van der Waals surface area contributed by atoms with E-state index in [0.717, 1.165) is 5.56 Å². The van der Waals surface area contributed by atoms with Gasteiger partial charge >= 0.3 is 0 Å². The van der Waals surface area contributed by atoms with Gasteiger partial charge in [-0.05, 0) is 43.3 Å². The van der Waals surface area contributed by atoms with E-state index in [9.17, 15) is 8.42 Å². The Balaban J connectivity index is 2.47. The Bertz CT molecular complexity index is 722. The molecule has 0 unspecified atom stereocenters. The highest BCUT2D eigenvalue weighted by Crippen LogP contribution is 2.25. The Morgan fingerprint density at radius 1 is 1.10 bits per heavy atom. The Labute approximate surface area is 130 Å². The monoisotopic (exact) mass is 321 g/mol. The van der Waals surface area contributed by atoms with Crippen LogP contribution in [0.25, 0.3) is 0 Å². The summed E-state index contributed by atoms with van der Waals surface area (Å²) in [5, 5.41) is 0.560. The zero-order valence-corrected chi connectivity index (χ0v) is 13.2. The fraction of sp³-hybridized carbons (Fsp3) is 0.125. The van der Waals surface area contributed by atoms with Crippen molar-refractivity contribution in [2.45, 2.75) is 11.8 Å². The molecule has 0 aliphatic rings.